The monoisotopic (exact) mass is 349 g/mol. The molecule has 0 radical (unpaired) electrons. The van der Waals surface area contributed by atoms with E-state index < -0.39 is 0 Å². The zero-order valence-electron chi connectivity index (χ0n) is 15.0. The van der Waals surface area contributed by atoms with Crippen LogP contribution in [0.3, 0.4) is 0 Å². The van der Waals surface area contributed by atoms with Crippen LogP contribution in [0.4, 0.5) is 0 Å². The van der Waals surface area contributed by atoms with Crippen molar-refractivity contribution in [2.45, 2.75) is 31.8 Å². The number of carbonyl (C=O) groups is 1. The Morgan fingerprint density at radius 1 is 1.15 bits per heavy atom. The van der Waals surface area contributed by atoms with Crippen molar-refractivity contribution < 1.29 is 4.79 Å². The van der Waals surface area contributed by atoms with Crippen LogP contribution in [0.15, 0.2) is 54.9 Å². The molecule has 1 aliphatic heterocycles. The molecule has 134 valence electrons. The normalized spacial score (nSPS) is 17.4. The second kappa shape index (κ2) is 7.15. The number of benzene rings is 1. The Bertz CT molecular complexity index is 869. The van der Waals surface area contributed by atoms with Gasteiger partial charge in [-0.2, -0.15) is 0 Å². The summed E-state index contributed by atoms with van der Waals surface area (Å²) in [7, 11) is 1.96. The van der Waals surface area contributed by atoms with Gasteiger partial charge in [0.25, 0.3) is 5.91 Å². The standard InChI is InChI=1S/C20H23N5O/c1-23-18(16-7-3-2-4-8-16)10-11-19(23)20(26)25-13-6-5-9-17(25)15-24-14-12-21-22-24/h2-4,7-8,10-12,14,17H,5-6,9,13,15H2,1H3/t17-/m0/s1. The van der Waals surface area contributed by atoms with Crippen molar-refractivity contribution in [1.82, 2.24) is 24.5 Å². The molecule has 0 N–H and O–H groups in total. The minimum Gasteiger partial charge on any atom is -0.340 e. The molecule has 0 aliphatic carbocycles. The van der Waals surface area contributed by atoms with Gasteiger partial charge in [-0.1, -0.05) is 35.5 Å². The number of piperidine rings is 1. The first-order valence-electron chi connectivity index (χ1n) is 9.10. The average molecular weight is 349 g/mol. The minimum absolute atomic E-state index is 0.0968. The van der Waals surface area contributed by atoms with Crippen LogP contribution < -0.4 is 0 Å². The van der Waals surface area contributed by atoms with Gasteiger partial charge in [-0.05, 0) is 37.0 Å². The largest absolute Gasteiger partial charge is 0.340 e. The lowest BCUT2D eigenvalue weighted by Gasteiger charge is -2.35. The van der Waals surface area contributed by atoms with Crippen LogP contribution in [0.1, 0.15) is 29.8 Å². The van der Waals surface area contributed by atoms with Gasteiger partial charge in [0.1, 0.15) is 5.69 Å². The highest BCUT2D eigenvalue weighted by Gasteiger charge is 2.29. The van der Waals surface area contributed by atoms with E-state index in [-0.39, 0.29) is 11.9 Å². The Balaban J connectivity index is 1.59. The molecule has 3 aromatic rings. The summed E-state index contributed by atoms with van der Waals surface area (Å²) in [5.74, 6) is 0.0968. The summed E-state index contributed by atoms with van der Waals surface area (Å²) < 4.78 is 3.81. The summed E-state index contributed by atoms with van der Waals surface area (Å²) in [4.78, 5) is 15.3. The van der Waals surface area contributed by atoms with Crippen LogP contribution >= 0.6 is 0 Å². The first-order chi connectivity index (χ1) is 12.7. The fraction of sp³-hybridized carbons (Fsp3) is 0.350. The molecule has 0 saturated carbocycles. The molecule has 3 heterocycles. The zero-order chi connectivity index (χ0) is 17.9. The highest BCUT2D eigenvalue weighted by molar-refractivity contribution is 5.94. The van der Waals surface area contributed by atoms with Gasteiger partial charge in [0, 0.05) is 25.5 Å². The number of carbonyl (C=O) groups excluding carboxylic acids is 1. The van der Waals surface area contributed by atoms with E-state index in [0.717, 1.165) is 42.8 Å². The lowest BCUT2D eigenvalue weighted by atomic mass is 10.0. The van der Waals surface area contributed by atoms with Crippen molar-refractivity contribution in [2.24, 2.45) is 7.05 Å². The third kappa shape index (κ3) is 3.14. The number of rotatable bonds is 4. The third-order valence-electron chi connectivity index (χ3n) is 5.17. The molecule has 1 amide bonds. The quantitative estimate of drug-likeness (QED) is 0.728. The van der Waals surface area contributed by atoms with Crippen LogP contribution in [0, 0.1) is 0 Å². The van der Waals surface area contributed by atoms with E-state index in [1.54, 1.807) is 6.20 Å². The maximum absolute atomic E-state index is 13.3. The van der Waals surface area contributed by atoms with Crippen molar-refractivity contribution >= 4 is 5.91 Å². The fourth-order valence-electron chi connectivity index (χ4n) is 3.78. The number of hydrogen-bond donors (Lipinski definition) is 0. The van der Waals surface area contributed by atoms with Crippen LogP contribution in [0.2, 0.25) is 0 Å². The second-order valence-corrected chi connectivity index (χ2v) is 6.80. The number of aromatic nitrogens is 4. The summed E-state index contributed by atoms with van der Waals surface area (Å²) >= 11 is 0. The third-order valence-corrected chi connectivity index (χ3v) is 5.17. The maximum Gasteiger partial charge on any atom is 0.270 e. The van der Waals surface area contributed by atoms with Crippen LogP contribution in [0.25, 0.3) is 11.3 Å². The summed E-state index contributed by atoms with van der Waals surface area (Å²) in [5, 5.41) is 7.93. The number of hydrogen-bond acceptors (Lipinski definition) is 3. The Hall–Kier alpha value is -2.89. The van der Waals surface area contributed by atoms with Crippen molar-refractivity contribution in [3.05, 3.63) is 60.6 Å². The van der Waals surface area contributed by atoms with Gasteiger partial charge in [-0.3, -0.25) is 9.48 Å². The Morgan fingerprint density at radius 3 is 2.77 bits per heavy atom. The minimum atomic E-state index is 0.0968. The van der Waals surface area contributed by atoms with Crippen LogP contribution in [0.5, 0.6) is 0 Å². The van der Waals surface area contributed by atoms with Crippen LogP contribution in [-0.2, 0) is 13.6 Å². The van der Waals surface area contributed by atoms with E-state index >= 15 is 0 Å². The maximum atomic E-state index is 13.3. The van der Waals surface area contributed by atoms with E-state index in [4.69, 9.17) is 0 Å². The molecule has 1 aromatic carbocycles. The topological polar surface area (TPSA) is 56.0 Å². The lowest BCUT2D eigenvalue weighted by molar-refractivity contribution is 0.0573. The Labute approximate surface area is 153 Å². The highest BCUT2D eigenvalue weighted by atomic mass is 16.2. The van der Waals surface area contributed by atoms with E-state index in [9.17, 15) is 4.79 Å². The molecule has 4 rings (SSSR count). The molecule has 1 saturated heterocycles. The van der Waals surface area contributed by atoms with E-state index in [0.29, 0.717) is 6.54 Å². The number of nitrogens with zero attached hydrogens (tertiary/aromatic N) is 5. The van der Waals surface area contributed by atoms with Crippen molar-refractivity contribution in [3.63, 3.8) is 0 Å². The van der Waals surface area contributed by atoms with E-state index in [1.165, 1.54) is 0 Å². The molecule has 1 aliphatic rings. The van der Waals surface area contributed by atoms with Crippen molar-refractivity contribution in [2.75, 3.05) is 6.54 Å². The summed E-state index contributed by atoms with van der Waals surface area (Å²) in [6, 6.07) is 14.3. The molecule has 0 unspecified atom stereocenters. The molecule has 2 aromatic heterocycles. The average Bonchev–Trinajstić information content (AvgIpc) is 3.32. The van der Waals surface area contributed by atoms with E-state index in [2.05, 4.69) is 22.4 Å². The Kier molecular flexibility index (Phi) is 4.56. The lowest BCUT2D eigenvalue weighted by Crippen LogP contribution is -2.46. The van der Waals surface area contributed by atoms with Gasteiger partial charge in [0.05, 0.1) is 18.8 Å². The Morgan fingerprint density at radius 2 is 2.00 bits per heavy atom. The smallest absolute Gasteiger partial charge is 0.270 e. The van der Waals surface area contributed by atoms with E-state index in [1.807, 2.05) is 57.7 Å². The molecular weight excluding hydrogens is 326 g/mol. The van der Waals surface area contributed by atoms with Gasteiger partial charge in [0.15, 0.2) is 0 Å². The number of likely N-dealkylation sites (tertiary alicyclic amines) is 1. The SMILES string of the molecule is Cn1c(C(=O)N2CCCC[C@H]2Cn2ccnn2)ccc1-c1ccccc1. The molecule has 1 fully saturated rings. The van der Waals surface area contributed by atoms with Gasteiger partial charge in [-0.25, -0.2) is 0 Å². The zero-order valence-corrected chi connectivity index (χ0v) is 15.0. The van der Waals surface area contributed by atoms with Crippen LogP contribution in [-0.4, -0.2) is 43.0 Å². The van der Waals surface area contributed by atoms with Gasteiger partial charge < -0.3 is 9.47 Å². The first-order valence-corrected chi connectivity index (χ1v) is 9.10. The molecule has 1 atom stereocenters. The predicted molar refractivity (Wildman–Crippen MR) is 99.5 cm³/mol. The van der Waals surface area contributed by atoms with Crippen molar-refractivity contribution in [1.29, 1.82) is 0 Å². The first kappa shape index (κ1) is 16.6. The second-order valence-electron chi connectivity index (χ2n) is 6.80. The van der Waals surface area contributed by atoms with Gasteiger partial charge >= 0.3 is 0 Å². The molecule has 0 spiro atoms. The summed E-state index contributed by atoms with van der Waals surface area (Å²) in [6.07, 6.45) is 6.73. The predicted octanol–water partition coefficient (Wildman–Crippen LogP) is 2.98. The molecule has 6 heteroatoms. The number of amides is 1. The van der Waals surface area contributed by atoms with Gasteiger partial charge in [0.2, 0.25) is 0 Å². The summed E-state index contributed by atoms with van der Waals surface area (Å²) in [6.45, 7) is 1.49. The molecule has 26 heavy (non-hydrogen) atoms. The van der Waals surface area contributed by atoms with Gasteiger partial charge in [-0.15, -0.1) is 5.10 Å². The molecule has 0 bridgehead atoms. The highest BCUT2D eigenvalue weighted by Crippen LogP contribution is 2.25. The fourth-order valence-corrected chi connectivity index (χ4v) is 3.78. The molecular formula is C20H23N5O. The summed E-state index contributed by atoms with van der Waals surface area (Å²) in [5.41, 5.74) is 2.90. The van der Waals surface area contributed by atoms with Crippen molar-refractivity contribution in [3.8, 4) is 11.3 Å². The molecule has 6 nitrogen and oxygen atoms in total.